The molecule has 5 nitrogen and oxygen atoms in total. The van der Waals surface area contributed by atoms with Crippen LogP contribution in [-0.4, -0.2) is 42.4 Å². The van der Waals surface area contributed by atoms with Gasteiger partial charge in [-0.15, -0.1) is 0 Å². The van der Waals surface area contributed by atoms with Gasteiger partial charge in [-0.25, -0.2) is 0 Å². The predicted octanol–water partition coefficient (Wildman–Crippen LogP) is 2.96. The number of likely N-dealkylation sites (tertiary alicyclic amines) is 1. The van der Waals surface area contributed by atoms with Crippen LogP contribution in [0.5, 0.6) is 0 Å². The Kier molecular flexibility index (Phi) is 6.67. The second-order valence-corrected chi connectivity index (χ2v) is 7.83. The molecule has 26 heavy (non-hydrogen) atoms. The number of nitrogens with one attached hydrogen (secondary N) is 2. The van der Waals surface area contributed by atoms with Crippen LogP contribution in [-0.2, 0) is 16.0 Å². The normalized spacial score (nSPS) is 22.3. The molecule has 2 heterocycles. The van der Waals surface area contributed by atoms with E-state index >= 15 is 0 Å². The lowest BCUT2D eigenvalue weighted by Crippen LogP contribution is -2.47. The third-order valence-electron chi connectivity index (χ3n) is 5.60. The maximum Gasteiger partial charge on any atom is 0.249 e. The second-order valence-electron chi connectivity index (χ2n) is 7.83. The summed E-state index contributed by atoms with van der Waals surface area (Å²) in [5.74, 6) is 0.499. The molecule has 2 N–H and O–H groups in total. The summed E-state index contributed by atoms with van der Waals surface area (Å²) in [4.78, 5) is 25.6. The van der Waals surface area contributed by atoms with Crippen LogP contribution in [0.1, 0.15) is 51.0 Å². The molecular formula is C21H31N3O2. The van der Waals surface area contributed by atoms with E-state index in [4.69, 9.17) is 0 Å². The van der Waals surface area contributed by atoms with Crippen LogP contribution in [0, 0.1) is 5.92 Å². The molecule has 0 aromatic heterocycles. The van der Waals surface area contributed by atoms with Crippen molar-refractivity contribution in [1.82, 2.24) is 10.2 Å². The van der Waals surface area contributed by atoms with E-state index in [-0.39, 0.29) is 17.9 Å². The van der Waals surface area contributed by atoms with E-state index in [1.807, 2.05) is 12.1 Å². The fourth-order valence-electron chi connectivity index (χ4n) is 3.75. The van der Waals surface area contributed by atoms with Gasteiger partial charge in [0.25, 0.3) is 0 Å². The first-order valence-electron chi connectivity index (χ1n) is 10.0. The zero-order valence-corrected chi connectivity index (χ0v) is 15.8. The van der Waals surface area contributed by atoms with Crippen molar-refractivity contribution in [3.8, 4) is 0 Å². The topological polar surface area (TPSA) is 61.4 Å². The Morgan fingerprint density at radius 3 is 2.50 bits per heavy atom. The number of hydrogen-bond acceptors (Lipinski definition) is 4. The molecule has 2 aliphatic rings. The first-order chi connectivity index (χ1) is 12.6. The van der Waals surface area contributed by atoms with Gasteiger partial charge >= 0.3 is 0 Å². The average Bonchev–Trinajstić information content (AvgIpc) is 2.64. The molecule has 1 unspecified atom stereocenters. The van der Waals surface area contributed by atoms with E-state index in [2.05, 4.69) is 34.6 Å². The fraction of sp³-hybridized carbons (Fsp3) is 0.619. The molecule has 5 heteroatoms. The minimum atomic E-state index is -0.314. The lowest BCUT2D eigenvalue weighted by Gasteiger charge is -2.30. The number of hydrogen-bond donors (Lipinski definition) is 2. The first-order valence-corrected chi connectivity index (χ1v) is 10.0. The number of amides is 2. The zero-order chi connectivity index (χ0) is 18.4. The number of piperidine rings is 2. The van der Waals surface area contributed by atoms with Crippen molar-refractivity contribution in [2.75, 3.05) is 25.0 Å². The minimum absolute atomic E-state index is 0.178. The van der Waals surface area contributed by atoms with Crippen molar-refractivity contribution < 1.29 is 9.59 Å². The summed E-state index contributed by atoms with van der Waals surface area (Å²) in [6.45, 7) is 6.11. The van der Waals surface area contributed by atoms with E-state index in [0.717, 1.165) is 18.0 Å². The van der Waals surface area contributed by atoms with Gasteiger partial charge in [-0.2, -0.15) is 0 Å². The lowest BCUT2D eigenvalue weighted by atomic mass is 9.99. The van der Waals surface area contributed by atoms with Crippen molar-refractivity contribution in [3.05, 3.63) is 29.8 Å². The molecule has 1 aromatic carbocycles. The predicted molar refractivity (Wildman–Crippen MR) is 104 cm³/mol. The standard InChI is InChI=1S/C21H31N3O2/c1-16-11-14-24(15-12-16)13-3-2-4-17-5-7-18(8-6-17)22-19-9-10-20(25)23-21(19)26/h5-8,16,19,22H,2-4,9-15H2,1H3,(H,23,25,26). The van der Waals surface area contributed by atoms with Crippen LogP contribution in [0.2, 0.25) is 0 Å². The van der Waals surface area contributed by atoms with Crippen molar-refractivity contribution >= 4 is 17.5 Å². The molecule has 1 atom stereocenters. The summed E-state index contributed by atoms with van der Waals surface area (Å²) in [5.41, 5.74) is 2.27. The SMILES string of the molecule is CC1CCN(CCCCc2ccc(NC3CCC(=O)NC3=O)cc2)CC1. The number of unbranched alkanes of at least 4 members (excludes halogenated alkanes) is 1. The quantitative estimate of drug-likeness (QED) is 0.582. The van der Waals surface area contributed by atoms with Crippen molar-refractivity contribution in [2.24, 2.45) is 5.92 Å². The molecule has 0 saturated carbocycles. The van der Waals surface area contributed by atoms with Gasteiger partial charge in [-0.3, -0.25) is 14.9 Å². The molecule has 142 valence electrons. The third kappa shape index (κ3) is 5.56. The number of carbonyl (C=O) groups excluding carboxylic acids is 2. The van der Waals surface area contributed by atoms with Crippen molar-refractivity contribution in [3.63, 3.8) is 0 Å². The van der Waals surface area contributed by atoms with Crippen molar-refractivity contribution in [2.45, 2.75) is 57.9 Å². The number of carbonyl (C=O) groups is 2. The van der Waals surface area contributed by atoms with Crippen LogP contribution in [0.15, 0.2) is 24.3 Å². The molecule has 1 aromatic rings. The second kappa shape index (κ2) is 9.17. The van der Waals surface area contributed by atoms with Crippen molar-refractivity contribution in [1.29, 1.82) is 0 Å². The largest absolute Gasteiger partial charge is 0.374 e. The number of benzene rings is 1. The van der Waals surface area contributed by atoms with Gasteiger partial charge in [0, 0.05) is 12.1 Å². The summed E-state index contributed by atoms with van der Waals surface area (Å²) in [7, 11) is 0. The highest BCUT2D eigenvalue weighted by atomic mass is 16.2. The molecular weight excluding hydrogens is 326 g/mol. The number of nitrogens with zero attached hydrogens (tertiary/aromatic N) is 1. The molecule has 2 saturated heterocycles. The molecule has 3 rings (SSSR count). The van der Waals surface area contributed by atoms with E-state index in [1.165, 1.54) is 50.9 Å². The summed E-state index contributed by atoms with van der Waals surface area (Å²) >= 11 is 0. The summed E-state index contributed by atoms with van der Waals surface area (Å²) < 4.78 is 0. The van der Waals surface area contributed by atoms with E-state index < -0.39 is 0 Å². The van der Waals surface area contributed by atoms with Gasteiger partial charge in [0.2, 0.25) is 11.8 Å². The maximum absolute atomic E-state index is 11.8. The van der Waals surface area contributed by atoms with Gasteiger partial charge < -0.3 is 10.2 Å². The van der Waals surface area contributed by atoms with Gasteiger partial charge in [0.1, 0.15) is 6.04 Å². The number of imide groups is 1. The Bertz CT molecular complexity index is 606. The highest BCUT2D eigenvalue weighted by Gasteiger charge is 2.26. The van der Waals surface area contributed by atoms with Gasteiger partial charge in [-0.1, -0.05) is 19.1 Å². The summed E-state index contributed by atoms with van der Waals surface area (Å²) in [5, 5.41) is 5.60. The highest BCUT2D eigenvalue weighted by molar-refractivity contribution is 6.01. The smallest absolute Gasteiger partial charge is 0.249 e. The molecule has 0 radical (unpaired) electrons. The monoisotopic (exact) mass is 357 g/mol. The lowest BCUT2D eigenvalue weighted by molar-refractivity contribution is -0.133. The van der Waals surface area contributed by atoms with Crippen LogP contribution >= 0.6 is 0 Å². The summed E-state index contributed by atoms with van der Waals surface area (Å²) in [6.07, 6.45) is 7.22. The molecule has 2 fully saturated rings. The number of anilines is 1. The fourth-order valence-corrected chi connectivity index (χ4v) is 3.75. The molecule has 0 aliphatic carbocycles. The highest BCUT2D eigenvalue weighted by Crippen LogP contribution is 2.18. The van der Waals surface area contributed by atoms with Crippen LogP contribution < -0.4 is 10.6 Å². The number of rotatable bonds is 7. The minimum Gasteiger partial charge on any atom is -0.374 e. The van der Waals surface area contributed by atoms with E-state index in [9.17, 15) is 9.59 Å². The first kappa shape index (κ1) is 18.9. The maximum atomic E-state index is 11.8. The van der Waals surface area contributed by atoms with Crippen LogP contribution in [0.25, 0.3) is 0 Å². The van der Waals surface area contributed by atoms with Gasteiger partial charge in [0.15, 0.2) is 0 Å². The Morgan fingerprint density at radius 1 is 1.08 bits per heavy atom. The molecule has 0 bridgehead atoms. The third-order valence-corrected chi connectivity index (χ3v) is 5.60. The van der Waals surface area contributed by atoms with Crippen LogP contribution in [0.4, 0.5) is 5.69 Å². The number of aryl methyl sites for hydroxylation is 1. The average molecular weight is 357 g/mol. The Labute approximate surface area is 156 Å². The Balaban J connectivity index is 1.36. The molecule has 2 amide bonds. The van der Waals surface area contributed by atoms with Gasteiger partial charge in [-0.05, 0) is 81.8 Å². The van der Waals surface area contributed by atoms with E-state index in [0.29, 0.717) is 12.8 Å². The van der Waals surface area contributed by atoms with Crippen LogP contribution in [0.3, 0.4) is 0 Å². The molecule has 2 aliphatic heterocycles. The Hall–Kier alpha value is -1.88. The van der Waals surface area contributed by atoms with Gasteiger partial charge in [0.05, 0.1) is 0 Å². The Morgan fingerprint density at radius 2 is 1.81 bits per heavy atom. The molecule has 0 spiro atoms. The van der Waals surface area contributed by atoms with E-state index in [1.54, 1.807) is 0 Å². The summed E-state index contributed by atoms with van der Waals surface area (Å²) in [6, 6.07) is 8.02. The zero-order valence-electron chi connectivity index (χ0n) is 15.8.